The molecule has 0 atom stereocenters. The fraction of sp³-hybridized carbons (Fsp3) is 0.263. The zero-order valence-electron chi connectivity index (χ0n) is 14.7. The average molecular weight is 550 g/mol. The normalized spacial score (nSPS) is 11.2. The van der Waals surface area contributed by atoms with E-state index in [0.717, 1.165) is 25.6 Å². The van der Waals surface area contributed by atoms with Crippen LogP contribution in [-0.2, 0) is 16.6 Å². The van der Waals surface area contributed by atoms with Crippen molar-refractivity contribution in [3.63, 3.8) is 0 Å². The molecule has 0 bridgehead atoms. The van der Waals surface area contributed by atoms with Crippen LogP contribution in [0.3, 0.4) is 0 Å². The van der Waals surface area contributed by atoms with Crippen molar-refractivity contribution in [2.24, 2.45) is 0 Å². The summed E-state index contributed by atoms with van der Waals surface area (Å²) >= 11 is 9.99. The monoisotopic (exact) mass is 547 g/mol. The molecular formula is C19H20Br3NO3. The van der Waals surface area contributed by atoms with Gasteiger partial charge in [-0.3, -0.25) is 4.79 Å². The largest absolute Gasteiger partial charge is 0.465 e. The molecule has 1 aliphatic rings. The highest BCUT2D eigenvalue weighted by Crippen LogP contribution is 2.20. The lowest BCUT2D eigenvalue weighted by Crippen LogP contribution is -2.12. The SMILES string of the molecule is CC.COC(=O)c1ccc(Br)cc1CBr.O=C1NCc2cc(Br)ccc21. The van der Waals surface area contributed by atoms with E-state index >= 15 is 0 Å². The van der Waals surface area contributed by atoms with Crippen molar-refractivity contribution >= 4 is 59.7 Å². The highest BCUT2D eigenvalue weighted by atomic mass is 79.9. The highest BCUT2D eigenvalue weighted by molar-refractivity contribution is 9.10. The second-order valence-electron chi connectivity index (χ2n) is 4.91. The van der Waals surface area contributed by atoms with Crippen LogP contribution in [-0.4, -0.2) is 19.0 Å². The Morgan fingerprint density at radius 1 is 1.12 bits per heavy atom. The summed E-state index contributed by atoms with van der Waals surface area (Å²) in [5.41, 5.74) is 3.39. The molecule has 0 saturated carbocycles. The summed E-state index contributed by atoms with van der Waals surface area (Å²) in [6, 6.07) is 11.1. The molecule has 1 aliphatic heterocycles. The lowest BCUT2D eigenvalue weighted by atomic mass is 10.1. The first-order valence-electron chi connectivity index (χ1n) is 7.95. The number of carbonyl (C=O) groups excluding carboxylic acids is 2. The lowest BCUT2D eigenvalue weighted by Gasteiger charge is -2.04. The maximum absolute atomic E-state index is 11.2. The summed E-state index contributed by atoms with van der Waals surface area (Å²) in [5.74, 6) is -0.269. The first kappa shape index (κ1) is 22.9. The van der Waals surface area contributed by atoms with E-state index in [0.29, 0.717) is 17.4 Å². The molecular weight excluding hydrogens is 530 g/mol. The summed E-state index contributed by atoms with van der Waals surface area (Å²) in [7, 11) is 1.38. The standard InChI is InChI=1S/C9H8Br2O2.C8H6BrNO.C2H6/c1-13-9(12)8-3-2-7(11)4-6(8)5-10;9-6-1-2-7-5(3-6)4-10-8(7)11;1-2/h2-4H,5H2,1H3;1-3H,4H2,(H,10,11);1-2H3. The van der Waals surface area contributed by atoms with Crippen molar-refractivity contribution in [2.45, 2.75) is 25.7 Å². The summed E-state index contributed by atoms with van der Waals surface area (Å²) in [6.07, 6.45) is 0. The third kappa shape index (κ3) is 6.21. The Balaban J connectivity index is 0.000000239. The van der Waals surface area contributed by atoms with Gasteiger partial charge in [0.15, 0.2) is 0 Å². The van der Waals surface area contributed by atoms with Gasteiger partial charge in [0.25, 0.3) is 5.91 Å². The van der Waals surface area contributed by atoms with Crippen LogP contribution in [0.2, 0.25) is 0 Å². The van der Waals surface area contributed by atoms with Gasteiger partial charge in [0.05, 0.1) is 12.7 Å². The summed E-state index contributed by atoms with van der Waals surface area (Å²) in [4.78, 5) is 22.3. The van der Waals surface area contributed by atoms with Gasteiger partial charge in [0.1, 0.15) is 0 Å². The number of ether oxygens (including phenoxy) is 1. The number of benzene rings is 2. The molecule has 0 saturated heterocycles. The van der Waals surface area contributed by atoms with Gasteiger partial charge in [0.2, 0.25) is 0 Å². The molecule has 4 nitrogen and oxygen atoms in total. The summed E-state index contributed by atoms with van der Waals surface area (Å²) in [6.45, 7) is 4.66. The molecule has 26 heavy (non-hydrogen) atoms. The number of methoxy groups -OCH3 is 1. The molecule has 0 radical (unpaired) electrons. The predicted molar refractivity (Wildman–Crippen MR) is 115 cm³/mol. The maximum Gasteiger partial charge on any atom is 0.338 e. The van der Waals surface area contributed by atoms with E-state index in [4.69, 9.17) is 0 Å². The van der Waals surface area contributed by atoms with Gasteiger partial charge in [-0.1, -0.05) is 61.6 Å². The van der Waals surface area contributed by atoms with E-state index in [-0.39, 0.29) is 11.9 Å². The Labute approximate surface area is 179 Å². The van der Waals surface area contributed by atoms with Crippen molar-refractivity contribution in [1.29, 1.82) is 0 Å². The van der Waals surface area contributed by atoms with E-state index < -0.39 is 0 Å². The first-order valence-corrected chi connectivity index (χ1v) is 10.7. The summed E-state index contributed by atoms with van der Waals surface area (Å²) in [5, 5.41) is 3.39. The highest BCUT2D eigenvalue weighted by Gasteiger charge is 2.17. The van der Waals surface area contributed by atoms with Crippen molar-refractivity contribution in [3.05, 3.63) is 67.6 Å². The molecule has 0 aromatic heterocycles. The van der Waals surface area contributed by atoms with Crippen LogP contribution in [0.5, 0.6) is 0 Å². The summed E-state index contributed by atoms with van der Waals surface area (Å²) < 4.78 is 6.62. The number of fused-ring (bicyclic) bond motifs is 1. The van der Waals surface area contributed by atoms with Gasteiger partial charge in [-0.15, -0.1) is 0 Å². The van der Waals surface area contributed by atoms with Crippen molar-refractivity contribution in [3.8, 4) is 0 Å². The van der Waals surface area contributed by atoms with Crippen molar-refractivity contribution in [2.75, 3.05) is 7.11 Å². The molecule has 2 aromatic carbocycles. The van der Waals surface area contributed by atoms with Gasteiger partial charge in [-0.05, 0) is 47.5 Å². The Hall–Kier alpha value is -1.18. The van der Waals surface area contributed by atoms with Crippen LogP contribution >= 0.6 is 47.8 Å². The molecule has 1 N–H and O–H groups in total. The third-order valence-corrected chi connectivity index (χ3v) is 4.96. The number of carbonyl (C=O) groups is 2. The Kier molecular flexibility index (Phi) is 10.1. The first-order chi connectivity index (χ1) is 12.5. The van der Waals surface area contributed by atoms with Crippen LogP contribution in [0, 0.1) is 0 Å². The maximum atomic E-state index is 11.2. The molecule has 7 heteroatoms. The van der Waals surface area contributed by atoms with Crippen LogP contribution < -0.4 is 5.32 Å². The minimum absolute atomic E-state index is 0.0347. The van der Waals surface area contributed by atoms with E-state index in [1.807, 2.05) is 44.2 Å². The average Bonchev–Trinajstić information content (AvgIpc) is 3.03. The third-order valence-electron chi connectivity index (χ3n) is 3.37. The smallest absolute Gasteiger partial charge is 0.338 e. The molecule has 0 unspecified atom stereocenters. The molecule has 0 spiro atoms. The molecule has 1 heterocycles. The van der Waals surface area contributed by atoms with Gasteiger partial charge < -0.3 is 10.1 Å². The zero-order chi connectivity index (χ0) is 19.7. The zero-order valence-corrected chi connectivity index (χ0v) is 19.5. The van der Waals surface area contributed by atoms with Crippen molar-refractivity contribution in [1.82, 2.24) is 5.32 Å². The van der Waals surface area contributed by atoms with Gasteiger partial charge >= 0.3 is 5.97 Å². The number of hydrogen-bond acceptors (Lipinski definition) is 3. The van der Waals surface area contributed by atoms with Gasteiger partial charge in [-0.25, -0.2) is 4.79 Å². The van der Waals surface area contributed by atoms with E-state index in [1.165, 1.54) is 7.11 Å². The number of esters is 1. The van der Waals surface area contributed by atoms with E-state index in [2.05, 4.69) is 57.8 Å². The molecule has 0 fully saturated rings. The number of nitrogens with one attached hydrogen (secondary N) is 1. The number of hydrogen-bond donors (Lipinski definition) is 1. The second kappa shape index (κ2) is 11.5. The molecule has 140 valence electrons. The van der Waals surface area contributed by atoms with Crippen molar-refractivity contribution < 1.29 is 14.3 Å². The molecule has 3 rings (SSSR count). The Bertz CT molecular complexity index is 779. The van der Waals surface area contributed by atoms with Crippen LogP contribution in [0.4, 0.5) is 0 Å². The predicted octanol–water partition coefficient (Wildman–Crippen LogP) is 5.85. The molecule has 1 amide bonds. The van der Waals surface area contributed by atoms with E-state index in [9.17, 15) is 9.59 Å². The molecule has 2 aromatic rings. The number of amides is 1. The van der Waals surface area contributed by atoms with Gasteiger partial charge in [0, 0.05) is 26.4 Å². The number of alkyl halides is 1. The second-order valence-corrected chi connectivity index (χ2v) is 7.30. The van der Waals surface area contributed by atoms with E-state index in [1.54, 1.807) is 6.07 Å². The van der Waals surface area contributed by atoms with Crippen LogP contribution in [0.1, 0.15) is 45.7 Å². The Morgan fingerprint density at radius 3 is 2.35 bits per heavy atom. The quantitative estimate of drug-likeness (QED) is 0.378. The number of rotatable bonds is 2. The number of halogens is 3. The Morgan fingerprint density at radius 2 is 1.73 bits per heavy atom. The minimum Gasteiger partial charge on any atom is -0.465 e. The molecule has 0 aliphatic carbocycles. The van der Waals surface area contributed by atoms with Gasteiger partial charge in [-0.2, -0.15) is 0 Å². The van der Waals surface area contributed by atoms with Crippen LogP contribution in [0.15, 0.2) is 45.3 Å². The lowest BCUT2D eigenvalue weighted by molar-refractivity contribution is 0.0599. The fourth-order valence-electron chi connectivity index (χ4n) is 2.18. The van der Waals surface area contributed by atoms with Crippen LogP contribution in [0.25, 0.3) is 0 Å². The topological polar surface area (TPSA) is 55.4 Å². The minimum atomic E-state index is -0.304. The fourth-order valence-corrected chi connectivity index (χ4v) is 3.46.